The molecule has 0 aromatic heterocycles. The Balaban J connectivity index is 2.02. The third-order valence-corrected chi connectivity index (χ3v) is 3.16. The molecule has 0 saturated carbocycles. The number of ether oxygens (including phenoxy) is 2. The Morgan fingerprint density at radius 1 is 0.952 bits per heavy atom. The smallest absolute Gasteiger partial charge is 0.382 e. The van der Waals surface area contributed by atoms with Gasteiger partial charge in [-0.05, 0) is 71.1 Å². The lowest BCUT2D eigenvalue weighted by atomic mass is 10.3. The van der Waals surface area contributed by atoms with E-state index in [9.17, 15) is 13.6 Å². The predicted octanol–water partition coefficient (Wildman–Crippen LogP) is 4.64. The predicted molar refractivity (Wildman–Crippen MR) is 81.9 cm³/mol. The molecule has 0 N–H and O–H groups in total. The zero-order valence-electron chi connectivity index (χ0n) is 11.0. The highest BCUT2D eigenvalue weighted by Gasteiger charge is 2.34. The summed E-state index contributed by atoms with van der Waals surface area (Å²) in [4.78, 5) is 11.0. The molecule has 2 aromatic carbocycles. The van der Waals surface area contributed by atoms with Gasteiger partial charge in [-0.1, -0.05) is 0 Å². The Hall–Kier alpha value is -1.70. The van der Waals surface area contributed by atoms with Crippen LogP contribution in [0, 0.1) is 3.57 Å². The van der Waals surface area contributed by atoms with Gasteiger partial charge in [0.05, 0.1) is 0 Å². The minimum atomic E-state index is -3.52. The van der Waals surface area contributed by atoms with Gasteiger partial charge in [0, 0.05) is 10.5 Å². The molecule has 21 heavy (non-hydrogen) atoms. The molecule has 2 aromatic rings. The summed E-state index contributed by atoms with van der Waals surface area (Å²) < 4.78 is 36.6. The number of rotatable bonds is 4. The second kappa shape index (κ2) is 6.38. The number of alkyl halides is 2. The largest absolute Gasteiger partial charge is 0.457 e. The van der Waals surface area contributed by atoms with Crippen LogP contribution in [0.15, 0.2) is 48.5 Å². The fourth-order valence-corrected chi connectivity index (χ4v) is 1.77. The number of hydrogen-bond acceptors (Lipinski definition) is 3. The molecule has 0 aliphatic carbocycles. The fourth-order valence-electron chi connectivity index (χ4n) is 1.41. The quantitative estimate of drug-likeness (QED) is 0.423. The van der Waals surface area contributed by atoms with E-state index in [4.69, 9.17) is 4.74 Å². The third-order valence-electron chi connectivity index (χ3n) is 2.44. The lowest BCUT2D eigenvalue weighted by molar-refractivity contribution is -0.158. The molecule has 3 nitrogen and oxygen atoms in total. The van der Waals surface area contributed by atoms with E-state index in [0.29, 0.717) is 18.4 Å². The van der Waals surface area contributed by atoms with Gasteiger partial charge in [0.25, 0.3) is 0 Å². The lowest BCUT2D eigenvalue weighted by Gasteiger charge is -2.10. The molecule has 0 spiro atoms. The molecule has 0 fully saturated rings. The normalized spacial score (nSPS) is 11.0. The molecule has 0 heterocycles. The van der Waals surface area contributed by atoms with Crippen molar-refractivity contribution in [2.24, 2.45) is 0 Å². The SMILES string of the molecule is CC(F)(F)C(=O)Oc1ccc(Oc2ccc(I)cc2)cc1. The molecule has 0 radical (unpaired) electrons. The van der Waals surface area contributed by atoms with Crippen molar-refractivity contribution >= 4 is 28.6 Å². The van der Waals surface area contributed by atoms with E-state index in [1.54, 1.807) is 0 Å². The van der Waals surface area contributed by atoms with Crippen LogP contribution >= 0.6 is 22.6 Å². The summed E-state index contributed by atoms with van der Waals surface area (Å²) in [6.45, 7) is 0.490. The van der Waals surface area contributed by atoms with E-state index in [2.05, 4.69) is 27.3 Å². The van der Waals surface area contributed by atoms with Crippen molar-refractivity contribution in [2.75, 3.05) is 0 Å². The number of esters is 1. The van der Waals surface area contributed by atoms with Gasteiger partial charge in [0.1, 0.15) is 17.2 Å². The molecule has 0 amide bonds. The molecule has 0 saturated heterocycles. The molecule has 110 valence electrons. The zero-order valence-corrected chi connectivity index (χ0v) is 13.1. The van der Waals surface area contributed by atoms with Gasteiger partial charge in [0.2, 0.25) is 0 Å². The van der Waals surface area contributed by atoms with Gasteiger partial charge in [-0.2, -0.15) is 8.78 Å². The Morgan fingerprint density at radius 2 is 1.38 bits per heavy atom. The third kappa shape index (κ3) is 4.66. The summed E-state index contributed by atoms with van der Waals surface area (Å²) in [6.07, 6.45) is 0. The van der Waals surface area contributed by atoms with E-state index < -0.39 is 11.9 Å². The summed E-state index contributed by atoms with van der Waals surface area (Å²) >= 11 is 2.18. The monoisotopic (exact) mass is 404 g/mol. The Bertz CT molecular complexity index is 619. The van der Waals surface area contributed by atoms with Crippen molar-refractivity contribution in [1.82, 2.24) is 0 Å². The molecule has 0 bridgehead atoms. The Kier molecular flexibility index (Phi) is 4.76. The Labute approximate surface area is 134 Å². The lowest BCUT2D eigenvalue weighted by Crippen LogP contribution is -2.29. The molecular formula is C15H11F2IO3. The number of carbonyl (C=O) groups is 1. The summed E-state index contributed by atoms with van der Waals surface area (Å²) in [5.74, 6) is -3.90. The summed E-state index contributed by atoms with van der Waals surface area (Å²) in [5, 5.41) is 0. The minimum Gasteiger partial charge on any atom is -0.457 e. The first-order chi connectivity index (χ1) is 9.84. The maximum absolute atomic E-state index is 12.7. The molecule has 6 heteroatoms. The van der Waals surface area contributed by atoms with Crippen molar-refractivity contribution in [3.05, 3.63) is 52.1 Å². The van der Waals surface area contributed by atoms with Crippen LogP contribution in [0.4, 0.5) is 8.78 Å². The van der Waals surface area contributed by atoms with Crippen molar-refractivity contribution in [3.63, 3.8) is 0 Å². The second-order valence-electron chi connectivity index (χ2n) is 4.31. The van der Waals surface area contributed by atoms with Gasteiger partial charge in [0.15, 0.2) is 0 Å². The minimum absolute atomic E-state index is 0.0384. The second-order valence-corrected chi connectivity index (χ2v) is 5.55. The maximum Gasteiger partial charge on any atom is 0.382 e. The summed E-state index contributed by atoms with van der Waals surface area (Å²) in [7, 11) is 0. The summed E-state index contributed by atoms with van der Waals surface area (Å²) in [5.41, 5.74) is 0. The van der Waals surface area contributed by atoms with Crippen molar-refractivity contribution in [1.29, 1.82) is 0 Å². The first kappa shape index (κ1) is 15.7. The standard InChI is InChI=1S/C15H11F2IO3/c1-15(16,17)14(19)21-13-8-6-12(7-9-13)20-11-4-2-10(18)3-5-11/h2-9H,1H3. The molecular weight excluding hydrogens is 393 g/mol. The molecule has 2 rings (SSSR count). The zero-order chi connectivity index (χ0) is 15.5. The molecule has 0 atom stereocenters. The van der Waals surface area contributed by atoms with Crippen LogP contribution in [0.2, 0.25) is 0 Å². The van der Waals surface area contributed by atoms with Crippen molar-refractivity contribution < 1.29 is 23.0 Å². The fraction of sp³-hybridized carbons (Fsp3) is 0.133. The first-order valence-corrected chi connectivity index (χ1v) is 7.06. The average Bonchev–Trinajstić information content (AvgIpc) is 2.42. The molecule has 0 aliphatic heterocycles. The van der Waals surface area contributed by atoms with E-state index in [0.717, 1.165) is 3.57 Å². The maximum atomic E-state index is 12.7. The molecule has 0 unspecified atom stereocenters. The van der Waals surface area contributed by atoms with Gasteiger partial charge in [-0.25, -0.2) is 4.79 Å². The van der Waals surface area contributed by atoms with Gasteiger partial charge in [-0.15, -0.1) is 0 Å². The number of benzene rings is 2. The molecule has 0 aliphatic rings. The Morgan fingerprint density at radius 3 is 1.86 bits per heavy atom. The van der Waals surface area contributed by atoms with Gasteiger partial charge >= 0.3 is 11.9 Å². The first-order valence-electron chi connectivity index (χ1n) is 5.98. The van der Waals surface area contributed by atoms with Gasteiger partial charge < -0.3 is 9.47 Å². The van der Waals surface area contributed by atoms with Crippen LogP contribution in [0.3, 0.4) is 0 Å². The van der Waals surface area contributed by atoms with Crippen molar-refractivity contribution in [3.8, 4) is 17.2 Å². The van der Waals surface area contributed by atoms with E-state index >= 15 is 0 Å². The van der Waals surface area contributed by atoms with E-state index in [1.165, 1.54) is 24.3 Å². The van der Waals surface area contributed by atoms with E-state index in [1.807, 2.05) is 24.3 Å². The topological polar surface area (TPSA) is 35.5 Å². The number of hydrogen-bond donors (Lipinski definition) is 0. The van der Waals surface area contributed by atoms with Crippen LogP contribution in [0.1, 0.15) is 6.92 Å². The van der Waals surface area contributed by atoms with Crippen LogP contribution in [-0.2, 0) is 4.79 Å². The highest BCUT2D eigenvalue weighted by atomic mass is 127. The highest BCUT2D eigenvalue weighted by Crippen LogP contribution is 2.25. The van der Waals surface area contributed by atoms with E-state index in [-0.39, 0.29) is 5.75 Å². The van der Waals surface area contributed by atoms with Crippen LogP contribution in [0.5, 0.6) is 17.2 Å². The van der Waals surface area contributed by atoms with Crippen LogP contribution in [0.25, 0.3) is 0 Å². The highest BCUT2D eigenvalue weighted by molar-refractivity contribution is 14.1. The number of carbonyl (C=O) groups excluding carboxylic acids is 1. The summed E-state index contributed by atoms with van der Waals surface area (Å²) in [6, 6.07) is 13.3. The van der Waals surface area contributed by atoms with Gasteiger partial charge in [-0.3, -0.25) is 0 Å². The van der Waals surface area contributed by atoms with Crippen LogP contribution in [-0.4, -0.2) is 11.9 Å². The number of halogens is 3. The van der Waals surface area contributed by atoms with Crippen molar-refractivity contribution in [2.45, 2.75) is 12.8 Å². The average molecular weight is 404 g/mol. The van der Waals surface area contributed by atoms with Crippen LogP contribution < -0.4 is 9.47 Å².